The number of aromatic nitrogens is 1. The van der Waals surface area contributed by atoms with Gasteiger partial charge in [0, 0.05) is 0 Å². The number of methoxy groups -OCH3 is 1. The van der Waals surface area contributed by atoms with Gasteiger partial charge in [-0.15, -0.1) is 0 Å². The fourth-order valence-corrected chi connectivity index (χ4v) is 2.65. The molecule has 0 aliphatic carbocycles. The van der Waals surface area contributed by atoms with Gasteiger partial charge in [-0.3, -0.25) is 0 Å². The summed E-state index contributed by atoms with van der Waals surface area (Å²) in [6.45, 7) is 9.04. The number of rotatable bonds is 4. The minimum Gasteiger partial charge on any atom is -0.493 e. The summed E-state index contributed by atoms with van der Waals surface area (Å²) in [5.74, 6) is 1.87. The number of ether oxygens (including phenoxy) is 2. The number of hydrogen-bond acceptors (Lipinski definition) is 4. The average Bonchev–Trinajstić information content (AvgIpc) is 2.97. The Kier molecular flexibility index (Phi) is 4.22. The number of oxazole rings is 1. The zero-order valence-corrected chi connectivity index (χ0v) is 14.8. The number of benzene rings is 2. The van der Waals surface area contributed by atoms with Gasteiger partial charge in [-0.25, -0.2) is 4.98 Å². The molecule has 1 aromatic heterocycles. The quantitative estimate of drug-likeness (QED) is 0.661. The van der Waals surface area contributed by atoms with Gasteiger partial charge in [-0.05, 0) is 42.2 Å². The highest BCUT2D eigenvalue weighted by Crippen LogP contribution is 2.39. The third-order valence-electron chi connectivity index (χ3n) is 3.97. The topological polar surface area (TPSA) is 44.5 Å². The van der Waals surface area contributed by atoms with Crippen molar-refractivity contribution in [2.75, 3.05) is 13.7 Å². The lowest BCUT2D eigenvalue weighted by Crippen LogP contribution is -2.10. The standard InChI is InChI=1S/C20H23NO3/c1-6-23-18-14(8-7-9-17(18)22-5)19-21-15-12-13(20(2,3)4)10-11-16(15)24-19/h7-12H,6H2,1-5H3. The van der Waals surface area contributed by atoms with Gasteiger partial charge in [0.1, 0.15) is 5.52 Å². The van der Waals surface area contributed by atoms with Gasteiger partial charge in [-0.2, -0.15) is 0 Å². The third kappa shape index (κ3) is 2.96. The summed E-state index contributed by atoms with van der Waals surface area (Å²) in [5.41, 5.74) is 3.71. The first kappa shape index (κ1) is 16.4. The van der Waals surface area contributed by atoms with E-state index in [1.165, 1.54) is 5.56 Å². The van der Waals surface area contributed by atoms with E-state index in [9.17, 15) is 0 Å². The second-order valence-corrected chi connectivity index (χ2v) is 6.72. The van der Waals surface area contributed by atoms with E-state index in [1.807, 2.05) is 31.2 Å². The Morgan fingerprint density at radius 3 is 2.58 bits per heavy atom. The molecular weight excluding hydrogens is 302 g/mol. The molecule has 0 N–H and O–H groups in total. The molecule has 0 unspecified atom stereocenters. The molecule has 0 bridgehead atoms. The van der Waals surface area contributed by atoms with Crippen molar-refractivity contribution in [3.63, 3.8) is 0 Å². The van der Waals surface area contributed by atoms with Crippen LogP contribution in [0.5, 0.6) is 11.5 Å². The summed E-state index contributed by atoms with van der Waals surface area (Å²) < 4.78 is 17.1. The molecular formula is C20H23NO3. The predicted octanol–water partition coefficient (Wildman–Crippen LogP) is 5.20. The molecule has 0 atom stereocenters. The summed E-state index contributed by atoms with van der Waals surface area (Å²) in [6.07, 6.45) is 0. The number of hydrogen-bond donors (Lipinski definition) is 0. The van der Waals surface area contributed by atoms with Crippen molar-refractivity contribution >= 4 is 11.1 Å². The van der Waals surface area contributed by atoms with Gasteiger partial charge in [-0.1, -0.05) is 32.9 Å². The van der Waals surface area contributed by atoms with Crippen LogP contribution in [0.1, 0.15) is 33.3 Å². The summed E-state index contributed by atoms with van der Waals surface area (Å²) in [6, 6.07) is 11.9. The van der Waals surface area contributed by atoms with Crippen LogP contribution < -0.4 is 9.47 Å². The molecule has 0 amide bonds. The maximum Gasteiger partial charge on any atom is 0.231 e. The monoisotopic (exact) mass is 325 g/mol. The highest BCUT2D eigenvalue weighted by atomic mass is 16.5. The van der Waals surface area contributed by atoms with Crippen LogP contribution in [-0.2, 0) is 5.41 Å². The molecule has 126 valence electrons. The SMILES string of the molecule is CCOc1c(OC)cccc1-c1nc2cc(C(C)(C)C)ccc2o1. The Labute approximate surface area is 142 Å². The Morgan fingerprint density at radius 2 is 1.92 bits per heavy atom. The summed E-state index contributed by atoms with van der Waals surface area (Å²) in [4.78, 5) is 4.67. The van der Waals surface area contributed by atoms with Gasteiger partial charge in [0.15, 0.2) is 17.1 Å². The van der Waals surface area contributed by atoms with Crippen molar-refractivity contribution in [2.45, 2.75) is 33.1 Å². The van der Waals surface area contributed by atoms with Crippen LogP contribution in [0.3, 0.4) is 0 Å². The van der Waals surface area contributed by atoms with Crippen molar-refractivity contribution in [2.24, 2.45) is 0 Å². The maximum atomic E-state index is 5.96. The maximum absolute atomic E-state index is 5.96. The van der Waals surface area contributed by atoms with E-state index in [2.05, 4.69) is 37.9 Å². The molecule has 0 aliphatic rings. The first-order valence-corrected chi connectivity index (χ1v) is 8.15. The summed E-state index contributed by atoms with van der Waals surface area (Å²) >= 11 is 0. The van der Waals surface area contributed by atoms with Crippen molar-refractivity contribution < 1.29 is 13.9 Å². The fraction of sp³-hybridized carbons (Fsp3) is 0.350. The zero-order valence-electron chi connectivity index (χ0n) is 14.8. The van der Waals surface area contributed by atoms with Gasteiger partial charge in [0.05, 0.1) is 19.3 Å². The number of nitrogens with zero attached hydrogens (tertiary/aromatic N) is 1. The Bertz CT molecular complexity index is 859. The molecule has 4 nitrogen and oxygen atoms in total. The Morgan fingerprint density at radius 1 is 1.12 bits per heavy atom. The lowest BCUT2D eigenvalue weighted by atomic mass is 9.87. The molecule has 3 aromatic rings. The van der Waals surface area contributed by atoms with Crippen molar-refractivity contribution in [1.82, 2.24) is 4.98 Å². The van der Waals surface area contributed by atoms with Crippen LogP contribution >= 0.6 is 0 Å². The van der Waals surface area contributed by atoms with E-state index >= 15 is 0 Å². The third-order valence-corrected chi connectivity index (χ3v) is 3.97. The number of para-hydroxylation sites is 1. The molecule has 3 rings (SSSR count). The van der Waals surface area contributed by atoms with E-state index in [1.54, 1.807) is 7.11 Å². The molecule has 24 heavy (non-hydrogen) atoms. The first-order valence-electron chi connectivity index (χ1n) is 8.15. The van der Waals surface area contributed by atoms with E-state index in [0.29, 0.717) is 24.0 Å². The van der Waals surface area contributed by atoms with Crippen LogP contribution in [0.2, 0.25) is 0 Å². The zero-order chi connectivity index (χ0) is 17.3. The molecule has 0 spiro atoms. The molecule has 0 saturated heterocycles. The molecule has 2 aromatic carbocycles. The minimum atomic E-state index is 0.0692. The van der Waals surface area contributed by atoms with Gasteiger partial charge in [0.25, 0.3) is 0 Å². The Hall–Kier alpha value is -2.49. The highest BCUT2D eigenvalue weighted by molar-refractivity contribution is 5.79. The van der Waals surface area contributed by atoms with Gasteiger partial charge in [0.2, 0.25) is 5.89 Å². The minimum absolute atomic E-state index is 0.0692. The lowest BCUT2D eigenvalue weighted by molar-refractivity contribution is 0.311. The molecule has 0 aliphatic heterocycles. The van der Waals surface area contributed by atoms with E-state index in [-0.39, 0.29) is 5.41 Å². The lowest BCUT2D eigenvalue weighted by Gasteiger charge is -2.18. The van der Waals surface area contributed by atoms with Crippen LogP contribution in [0.4, 0.5) is 0 Å². The molecule has 4 heteroatoms. The first-order chi connectivity index (χ1) is 11.4. The fourth-order valence-electron chi connectivity index (χ4n) is 2.65. The van der Waals surface area contributed by atoms with E-state index in [0.717, 1.165) is 16.7 Å². The van der Waals surface area contributed by atoms with Crippen LogP contribution in [-0.4, -0.2) is 18.7 Å². The second kappa shape index (κ2) is 6.19. The second-order valence-electron chi connectivity index (χ2n) is 6.72. The molecule has 1 heterocycles. The van der Waals surface area contributed by atoms with E-state index in [4.69, 9.17) is 13.9 Å². The largest absolute Gasteiger partial charge is 0.493 e. The molecule has 0 radical (unpaired) electrons. The smallest absolute Gasteiger partial charge is 0.231 e. The Balaban J connectivity index is 2.13. The summed E-state index contributed by atoms with van der Waals surface area (Å²) in [5, 5.41) is 0. The number of fused-ring (bicyclic) bond motifs is 1. The highest BCUT2D eigenvalue weighted by Gasteiger charge is 2.19. The van der Waals surface area contributed by atoms with Crippen molar-refractivity contribution in [3.8, 4) is 23.0 Å². The van der Waals surface area contributed by atoms with Gasteiger partial charge < -0.3 is 13.9 Å². The summed E-state index contributed by atoms with van der Waals surface area (Å²) in [7, 11) is 1.63. The van der Waals surface area contributed by atoms with Gasteiger partial charge >= 0.3 is 0 Å². The average molecular weight is 325 g/mol. The molecule has 0 saturated carbocycles. The van der Waals surface area contributed by atoms with Crippen molar-refractivity contribution in [1.29, 1.82) is 0 Å². The van der Waals surface area contributed by atoms with Crippen LogP contribution in [0.25, 0.3) is 22.6 Å². The van der Waals surface area contributed by atoms with Crippen molar-refractivity contribution in [3.05, 3.63) is 42.0 Å². The molecule has 0 fully saturated rings. The predicted molar refractivity (Wildman–Crippen MR) is 95.9 cm³/mol. The van der Waals surface area contributed by atoms with Crippen LogP contribution in [0.15, 0.2) is 40.8 Å². The van der Waals surface area contributed by atoms with Crippen LogP contribution in [0, 0.1) is 0 Å². The van der Waals surface area contributed by atoms with E-state index < -0.39 is 0 Å². The normalized spacial score (nSPS) is 11.7.